The van der Waals surface area contributed by atoms with E-state index in [0.29, 0.717) is 18.7 Å². The fraction of sp³-hybridized carbons (Fsp3) is 0.417. The summed E-state index contributed by atoms with van der Waals surface area (Å²) in [6.45, 7) is 0.394. The lowest BCUT2D eigenvalue weighted by atomic mass is 10.2. The molecule has 0 fully saturated rings. The Bertz CT molecular complexity index is 369. The van der Waals surface area contributed by atoms with Crippen molar-refractivity contribution in [3.8, 4) is 0 Å². The Morgan fingerprint density at radius 3 is 3.00 bits per heavy atom. The van der Waals surface area contributed by atoms with Gasteiger partial charge in [-0.05, 0) is 24.1 Å². The summed E-state index contributed by atoms with van der Waals surface area (Å²) in [6, 6.07) is 6.41. The zero-order valence-electron chi connectivity index (χ0n) is 9.85. The van der Waals surface area contributed by atoms with Gasteiger partial charge in [-0.25, -0.2) is 0 Å². The summed E-state index contributed by atoms with van der Waals surface area (Å²) in [7, 11) is 1.56. The molecule has 1 aromatic rings. The summed E-state index contributed by atoms with van der Waals surface area (Å²) in [4.78, 5) is 11.7. The van der Waals surface area contributed by atoms with Gasteiger partial charge in [-0.1, -0.05) is 12.1 Å². The highest BCUT2D eigenvalue weighted by atomic mass is 16.5. The minimum Gasteiger partial charge on any atom is -0.392 e. The number of hydrogen-bond donors (Lipinski definition) is 3. The Morgan fingerprint density at radius 2 is 2.35 bits per heavy atom. The Hall–Kier alpha value is -1.43. The standard InChI is InChI=1S/C12H18N2O3/c1-17-6-5-11(13)12(16)14-10-4-2-3-9(7-10)8-15/h2-4,7,11,15H,5-6,8,13H2,1H3,(H,14,16). The number of methoxy groups -OCH3 is 1. The highest BCUT2D eigenvalue weighted by Crippen LogP contribution is 2.11. The zero-order valence-corrected chi connectivity index (χ0v) is 9.85. The lowest BCUT2D eigenvalue weighted by Crippen LogP contribution is -2.36. The number of anilines is 1. The van der Waals surface area contributed by atoms with Crippen molar-refractivity contribution in [2.24, 2.45) is 5.73 Å². The quantitative estimate of drug-likeness (QED) is 0.673. The predicted octanol–water partition coefficient (Wildman–Crippen LogP) is 0.481. The molecule has 0 aromatic heterocycles. The van der Waals surface area contributed by atoms with Crippen molar-refractivity contribution in [2.75, 3.05) is 19.0 Å². The summed E-state index contributed by atoms with van der Waals surface area (Å²) in [5, 5.41) is 11.7. The van der Waals surface area contributed by atoms with Crippen molar-refractivity contribution < 1.29 is 14.6 Å². The molecular formula is C12H18N2O3. The third-order valence-corrected chi connectivity index (χ3v) is 2.35. The number of aliphatic hydroxyl groups excluding tert-OH is 1. The maximum absolute atomic E-state index is 11.7. The molecule has 0 spiro atoms. The van der Waals surface area contributed by atoms with E-state index in [-0.39, 0.29) is 12.5 Å². The van der Waals surface area contributed by atoms with Crippen LogP contribution in [0.2, 0.25) is 0 Å². The maximum atomic E-state index is 11.7. The number of amides is 1. The van der Waals surface area contributed by atoms with Gasteiger partial charge in [-0.3, -0.25) is 4.79 Å². The van der Waals surface area contributed by atoms with Crippen LogP contribution in [0.4, 0.5) is 5.69 Å². The monoisotopic (exact) mass is 238 g/mol. The Kier molecular flexibility index (Phi) is 5.62. The Balaban J connectivity index is 2.54. The number of nitrogens with two attached hydrogens (primary N) is 1. The first-order valence-electron chi connectivity index (χ1n) is 5.42. The van der Waals surface area contributed by atoms with Gasteiger partial charge in [0.2, 0.25) is 5.91 Å². The number of nitrogens with one attached hydrogen (secondary N) is 1. The van der Waals surface area contributed by atoms with E-state index in [1.54, 1.807) is 31.4 Å². The molecular weight excluding hydrogens is 220 g/mol. The molecule has 17 heavy (non-hydrogen) atoms. The average molecular weight is 238 g/mol. The number of ether oxygens (including phenoxy) is 1. The van der Waals surface area contributed by atoms with E-state index < -0.39 is 6.04 Å². The van der Waals surface area contributed by atoms with Gasteiger partial charge in [0.15, 0.2) is 0 Å². The van der Waals surface area contributed by atoms with Crippen molar-refractivity contribution in [1.29, 1.82) is 0 Å². The summed E-state index contributed by atoms with van der Waals surface area (Å²) in [5.74, 6) is -0.253. The molecule has 0 saturated carbocycles. The number of rotatable bonds is 6. The highest BCUT2D eigenvalue weighted by Gasteiger charge is 2.13. The van der Waals surface area contributed by atoms with Crippen LogP contribution >= 0.6 is 0 Å². The molecule has 0 aliphatic carbocycles. The highest BCUT2D eigenvalue weighted by molar-refractivity contribution is 5.94. The summed E-state index contributed by atoms with van der Waals surface area (Å²) in [5.41, 5.74) is 7.06. The van der Waals surface area contributed by atoms with Gasteiger partial charge in [-0.15, -0.1) is 0 Å². The molecule has 5 nitrogen and oxygen atoms in total. The number of hydrogen-bond acceptors (Lipinski definition) is 4. The molecule has 0 radical (unpaired) electrons. The van der Waals surface area contributed by atoms with Crippen LogP contribution in [0.15, 0.2) is 24.3 Å². The molecule has 5 heteroatoms. The van der Waals surface area contributed by atoms with Crippen molar-refractivity contribution >= 4 is 11.6 Å². The van der Waals surface area contributed by atoms with Crippen LogP contribution in [0.25, 0.3) is 0 Å². The fourth-order valence-electron chi connectivity index (χ4n) is 1.36. The van der Waals surface area contributed by atoms with E-state index in [9.17, 15) is 4.79 Å². The molecule has 0 bridgehead atoms. The SMILES string of the molecule is COCCC(N)C(=O)Nc1cccc(CO)c1. The van der Waals surface area contributed by atoms with Gasteiger partial charge in [-0.2, -0.15) is 0 Å². The fourth-order valence-corrected chi connectivity index (χ4v) is 1.36. The van der Waals surface area contributed by atoms with Crippen LogP contribution < -0.4 is 11.1 Å². The van der Waals surface area contributed by atoms with E-state index in [2.05, 4.69) is 5.32 Å². The van der Waals surface area contributed by atoms with Crippen LogP contribution in [0.3, 0.4) is 0 Å². The number of aliphatic hydroxyl groups is 1. The predicted molar refractivity (Wildman–Crippen MR) is 65.5 cm³/mol. The molecule has 1 rings (SSSR count). The van der Waals surface area contributed by atoms with Crippen LogP contribution in [-0.4, -0.2) is 30.8 Å². The molecule has 0 aliphatic heterocycles. The van der Waals surface area contributed by atoms with Gasteiger partial charge in [0.05, 0.1) is 12.6 Å². The first-order valence-corrected chi connectivity index (χ1v) is 5.42. The third kappa shape index (κ3) is 4.52. The molecule has 0 saturated heterocycles. The van der Waals surface area contributed by atoms with E-state index in [1.807, 2.05) is 0 Å². The zero-order chi connectivity index (χ0) is 12.7. The molecule has 1 atom stereocenters. The molecule has 0 heterocycles. The molecule has 1 aromatic carbocycles. The molecule has 94 valence electrons. The van der Waals surface area contributed by atoms with E-state index in [0.717, 1.165) is 5.56 Å². The van der Waals surface area contributed by atoms with Crippen LogP contribution in [0, 0.1) is 0 Å². The number of benzene rings is 1. The van der Waals surface area contributed by atoms with Crippen LogP contribution in [0.1, 0.15) is 12.0 Å². The van der Waals surface area contributed by atoms with E-state index >= 15 is 0 Å². The minimum atomic E-state index is -0.590. The molecule has 1 amide bonds. The van der Waals surface area contributed by atoms with Crippen LogP contribution in [-0.2, 0) is 16.1 Å². The average Bonchev–Trinajstić information content (AvgIpc) is 2.36. The molecule has 4 N–H and O–H groups in total. The topological polar surface area (TPSA) is 84.6 Å². The number of carbonyl (C=O) groups is 1. The maximum Gasteiger partial charge on any atom is 0.241 e. The first-order chi connectivity index (χ1) is 8.17. The van der Waals surface area contributed by atoms with Crippen molar-refractivity contribution in [1.82, 2.24) is 0 Å². The lowest BCUT2D eigenvalue weighted by molar-refractivity contribution is -0.117. The second-order valence-electron chi connectivity index (χ2n) is 3.74. The van der Waals surface area contributed by atoms with Crippen molar-refractivity contribution in [2.45, 2.75) is 19.1 Å². The third-order valence-electron chi connectivity index (χ3n) is 2.35. The second-order valence-corrected chi connectivity index (χ2v) is 3.74. The van der Waals surface area contributed by atoms with Gasteiger partial charge in [0.25, 0.3) is 0 Å². The number of carbonyl (C=O) groups excluding carboxylic acids is 1. The summed E-state index contributed by atoms with van der Waals surface area (Å²) in [6.07, 6.45) is 0.474. The summed E-state index contributed by atoms with van der Waals surface area (Å²) >= 11 is 0. The van der Waals surface area contributed by atoms with Gasteiger partial charge < -0.3 is 20.9 Å². The first kappa shape index (κ1) is 13.6. The van der Waals surface area contributed by atoms with E-state index in [4.69, 9.17) is 15.6 Å². The summed E-state index contributed by atoms with van der Waals surface area (Å²) < 4.78 is 4.86. The van der Waals surface area contributed by atoms with Crippen molar-refractivity contribution in [3.05, 3.63) is 29.8 Å². The van der Waals surface area contributed by atoms with Crippen molar-refractivity contribution in [3.63, 3.8) is 0 Å². The smallest absolute Gasteiger partial charge is 0.241 e. The Labute approximate surface area is 101 Å². The largest absolute Gasteiger partial charge is 0.392 e. The normalized spacial score (nSPS) is 12.2. The molecule has 1 unspecified atom stereocenters. The van der Waals surface area contributed by atoms with Crippen LogP contribution in [0.5, 0.6) is 0 Å². The molecule has 0 aliphatic rings. The minimum absolute atomic E-state index is 0.0561. The van der Waals surface area contributed by atoms with Gasteiger partial charge in [0, 0.05) is 19.4 Å². The Morgan fingerprint density at radius 1 is 1.59 bits per heavy atom. The van der Waals surface area contributed by atoms with E-state index in [1.165, 1.54) is 0 Å². The van der Waals surface area contributed by atoms with Gasteiger partial charge >= 0.3 is 0 Å². The van der Waals surface area contributed by atoms with Gasteiger partial charge in [0.1, 0.15) is 0 Å². The lowest BCUT2D eigenvalue weighted by Gasteiger charge is -2.12. The second kappa shape index (κ2) is 7.01.